The van der Waals surface area contributed by atoms with Crippen LogP contribution in [0.3, 0.4) is 0 Å². The molecule has 44 heavy (non-hydrogen) atoms. The van der Waals surface area contributed by atoms with E-state index >= 15 is 0 Å². The van der Waals surface area contributed by atoms with Gasteiger partial charge in [-0.1, -0.05) is 46.3 Å². The van der Waals surface area contributed by atoms with Gasteiger partial charge in [0.05, 0.1) is 29.8 Å². The van der Waals surface area contributed by atoms with Crippen molar-refractivity contribution in [1.82, 2.24) is 33.8 Å². The van der Waals surface area contributed by atoms with E-state index in [1.165, 1.54) is 6.33 Å². The van der Waals surface area contributed by atoms with Crippen molar-refractivity contribution in [1.29, 1.82) is 0 Å². The van der Waals surface area contributed by atoms with Crippen LogP contribution in [-0.4, -0.2) is 45.8 Å². The number of hydrogen-bond acceptors (Lipinski definition) is 5. The third-order valence-corrected chi connectivity index (χ3v) is 9.31. The molecule has 1 amide bonds. The Bertz CT molecular complexity index is 2090. The van der Waals surface area contributed by atoms with Crippen LogP contribution in [0.25, 0.3) is 17.0 Å². The highest BCUT2D eigenvalue weighted by molar-refractivity contribution is 9.10. The Morgan fingerprint density at radius 2 is 1.73 bits per heavy atom. The molecule has 0 bridgehead atoms. The zero-order valence-corrected chi connectivity index (χ0v) is 26.2. The Morgan fingerprint density at radius 1 is 0.977 bits per heavy atom. The molecular formula is C34H30BrN7O2. The van der Waals surface area contributed by atoms with Crippen molar-refractivity contribution in [2.75, 3.05) is 0 Å². The summed E-state index contributed by atoms with van der Waals surface area (Å²) in [4.78, 5) is 34.3. The van der Waals surface area contributed by atoms with Gasteiger partial charge in [-0.15, -0.1) is 0 Å². The average molecular weight is 649 g/mol. The molecule has 4 heterocycles. The smallest absolute Gasteiger partial charge is 0.261 e. The van der Waals surface area contributed by atoms with Crippen molar-refractivity contribution in [3.05, 3.63) is 139 Å². The molecule has 0 aliphatic carbocycles. The van der Waals surface area contributed by atoms with Crippen molar-refractivity contribution in [2.24, 2.45) is 0 Å². The monoisotopic (exact) mass is 647 g/mol. The van der Waals surface area contributed by atoms with E-state index < -0.39 is 0 Å². The summed E-state index contributed by atoms with van der Waals surface area (Å²) >= 11 is 3.53. The summed E-state index contributed by atoms with van der Waals surface area (Å²) in [5, 5.41) is 9.15. The molecule has 10 heteroatoms. The summed E-state index contributed by atoms with van der Waals surface area (Å²) in [5.41, 5.74) is 7.27. The molecule has 0 fully saturated rings. The molecule has 0 radical (unpaired) electrons. The fourth-order valence-corrected chi connectivity index (χ4v) is 6.32. The summed E-state index contributed by atoms with van der Waals surface area (Å²) in [5.74, 6) is 0.713. The first-order valence-corrected chi connectivity index (χ1v) is 15.3. The summed E-state index contributed by atoms with van der Waals surface area (Å²) in [6.07, 6.45) is 4.40. The predicted octanol–water partition coefficient (Wildman–Crippen LogP) is 5.62. The molecule has 0 N–H and O–H groups in total. The van der Waals surface area contributed by atoms with Crippen LogP contribution in [0.1, 0.15) is 51.1 Å². The van der Waals surface area contributed by atoms with Crippen LogP contribution in [0.15, 0.2) is 94.6 Å². The number of carbonyl (C=O) groups excluding carboxylic acids is 1. The molecule has 0 unspecified atom stereocenters. The lowest BCUT2D eigenvalue weighted by Gasteiger charge is -2.35. The Morgan fingerprint density at radius 3 is 2.43 bits per heavy atom. The lowest BCUT2D eigenvalue weighted by Crippen LogP contribution is -2.46. The molecule has 1 aliphatic rings. The van der Waals surface area contributed by atoms with E-state index in [2.05, 4.69) is 38.1 Å². The number of aryl methyl sites for hydroxylation is 2. The molecular weight excluding hydrogens is 618 g/mol. The minimum atomic E-state index is -0.172. The van der Waals surface area contributed by atoms with Gasteiger partial charge in [0.1, 0.15) is 17.8 Å². The van der Waals surface area contributed by atoms with Gasteiger partial charge in [-0.05, 0) is 80.8 Å². The Kier molecular flexibility index (Phi) is 7.01. The van der Waals surface area contributed by atoms with E-state index in [1.807, 2.05) is 97.0 Å². The molecule has 3 aromatic carbocycles. The van der Waals surface area contributed by atoms with Crippen LogP contribution >= 0.6 is 15.9 Å². The van der Waals surface area contributed by atoms with Gasteiger partial charge in [0.2, 0.25) is 0 Å². The number of rotatable bonds is 5. The third-order valence-electron chi connectivity index (χ3n) is 8.42. The number of amides is 1. The second-order valence-electron chi connectivity index (χ2n) is 11.3. The molecule has 7 rings (SSSR count). The van der Waals surface area contributed by atoms with Gasteiger partial charge in [0, 0.05) is 33.6 Å². The summed E-state index contributed by atoms with van der Waals surface area (Å²) < 4.78 is 6.35. The van der Waals surface area contributed by atoms with Crippen molar-refractivity contribution in [3.63, 3.8) is 0 Å². The lowest BCUT2D eigenvalue weighted by atomic mass is 9.98. The van der Waals surface area contributed by atoms with E-state index in [4.69, 9.17) is 5.10 Å². The maximum atomic E-state index is 14.5. The molecule has 0 spiro atoms. The molecule has 1 aliphatic heterocycles. The first-order chi connectivity index (χ1) is 21.3. The number of carbonyl (C=O) groups is 1. The summed E-state index contributed by atoms with van der Waals surface area (Å²) in [6, 6.07) is 23.4. The van der Waals surface area contributed by atoms with Gasteiger partial charge in [0.25, 0.3) is 11.5 Å². The molecule has 220 valence electrons. The minimum Gasteiger partial charge on any atom is -0.330 e. The normalized spacial score (nSPS) is 14.6. The number of nitrogens with zero attached hydrogens (tertiary/aromatic N) is 7. The van der Waals surface area contributed by atoms with Crippen molar-refractivity contribution < 1.29 is 4.79 Å². The van der Waals surface area contributed by atoms with Crippen molar-refractivity contribution in [2.45, 2.75) is 46.2 Å². The highest BCUT2D eigenvalue weighted by Crippen LogP contribution is 2.28. The SMILES string of the molecule is Cc1cc(C(=O)N2Cc3c(c(=O)n(-c4ccc(-n5ncnc5C)cc4)c4c(Cc5ccccc5)cnn34)C[C@H]2C)ccc1Br. The van der Waals surface area contributed by atoms with Gasteiger partial charge >= 0.3 is 0 Å². The van der Waals surface area contributed by atoms with Gasteiger partial charge in [0.15, 0.2) is 0 Å². The second-order valence-corrected chi connectivity index (χ2v) is 12.2. The van der Waals surface area contributed by atoms with E-state index in [1.54, 1.807) is 9.25 Å². The standard InChI is InChI=1S/C34H30BrN7O2/c1-21-15-25(9-14-30(21)35)33(43)39-19-31-29(16-22(39)2)34(44)40(27-10-12-28(13-11-27)41-23(3)36-20-38-41)32-26(18-37-42(31)32)17-24-7-5-4-6-8-24/h4-15,18,20,22H,16-17,19H2,1-3H3/t22-/m1/s1. The number of halogens is 1. The molecule has 0 saturated carbocycles. The Labute approximate surface area is 262 Å². The second kappa shape index (κ2) is 11.0. The third kappa shape index (κ3) is 4.75. The van der Waals surface area contributed by atoms with Crippen LogP contribution in [0.5, 0.6) is 0 Å². The molecule has 1 atom stereocenters. The van der Waals surface area contributed by atoms with E-state index in [0.29, 0.717) is 29.6 Å². The fourth-order valence-electron chi connectivity index (χ4n) is 6.08. The summed E-state index contributed by atoms with van der Waals surface area (Å²) in [7, 11) is 0. The minimum absolute atomic E-state index is 0.0632. The van der Waals surface area contributed by atoms with Gasteiger partial charge in [-0.2, -0.15) is 10.2 Å². The van der Waals surface area contributed by atoms with Crippen LogP contribution in [0.2, 0.25) is 0 Å². The highest BCUT2D eigenvalue weighted by atomic mass is 79.9. The number of benzene rings is 3. The van der Waals surface area contributed by atoms with Crippen LogP contribution < -0.4 is 5.56 Å². The molecule has 0 saturated heterocycles. The first-order valence-electron chi connectivity index (χ1n) is 14.5. The average Bonchev–Trinajstić information content (AvgIpc) is 3.65. The number of aromatic nitrogens is 6. The lowest BCUT2D eigenvalue weighted by molar-refractivity contribution is 0.0651. The van der Waals surface area contributed by atoms with Crippen molar-refractivity contribution in [3.8, 4) is 11.4 Å². The highest BCUT2D eigenvalue weighted by Gasteiger charge is 2.33. The van der Waals surface area contributed by atoms with Gasteiger partial charge in [-0.3, -0.25) is 14.2 Å². The zero-order chi connectivity index (χ0) is 30.5. The van der Waals surface area contributed by atoms with Crippen LogP contribution in [-0.2, 0) is 19.4 Å². The fraction of sp³-hybridized carbons (Fsp3) is 0.206. The van der Waals surface area contributed by atoms with Gasteiger partial charge < -0.3 is 4.90 Å². The summed E-state index contributed by atoms with van der Waals surface area (Å²) in [6.45, 7) is 6.15. The van der Waals surface area contributed by atoms with Crippen molar-refractivity contribution >= 4 is 27.5 Å². The van der Waals surface area contributed by atoms with E-state index in [0.717, 1.165) is 44.1 Å². The van der Waals surface area contributed by atoms with Crippen LogP contribution in [0, 0.1) is 13.8 Å². The molecule has 9 nitrogen and oxygen atoms in total. The maximum Gasteiger partial charge on any atom is 0.261 e. The number of fused-ring (bicyclic) bond motifs is 3. The first kappa shape index (κ1) is 28.0. The molecule has 6 aromatic rings. The number of hydrogen-bond donors (Lipinski definition) is 0. The van der Waals surface area contributed by atoms with E-state index in [9.17, 15) is 9.59 Å². The van der Waals surface area contributed by atoms with E-state index in [-0.39, 0.29) is 24.1 Å². The Balaban J connectivity index is 1.37. The van der Waals surface area contributed by atoms with Gasteiger partial charge in [-0.25, -0.2) is 14.2 Å². The molecule has 3 aromatic heterocycles. The van der Waals surface area contributed by atoms with Crippen LogP contribution in [0.4, 0.5) is 0 Å². The quantitative estimate of drug-likeness (QED) is 0.242. The predicted molar refractivity (Wildman–Crippen MR) is 172 cm³/mol. The largest absolute Gasteiger partial charge is 0.330 e. The Hall–Kier alpha value is -4.83. The zero-order valence-electron chi connectivity index (χ0n) is 24.6. The maximum absolute atomic E-state index is 14.5. The topological polar surface area (TPSA) is 90.3 Å².